The maximum Gasteiger partial charge on any atom is 0.0951 e. The highest BCUT2D eigenvalue weighted by Crippen LogP contribution is 2.22. The first-order valence-corrected chi connectivity index (χ1v) is 6.43. The molecule has 1 N–H and O–H groups in total. The van der Waals surface area contributed by atoms with E-state index in [-0.39, 0.29) is 0 Å². The van der Waals surface area contributed by atoms with Gasteiger partial charge in [-0.1, -0.05) is 0 Å². The van der Waals surface area contributed by atoms with E-state index in [0.717, 1.165) is 32.5 Å². The first-order valence-electron chi connectivity index (χ1n) is 6.43. The van der Waals surface area contributed by atoms with Crippen LogP contribution in [-0.4, -0.2) is 38.2 Å². The van der Waals surface area contributed by atoms with Crippen molar-refractivity contribution < 1.29 is 5.11 Å². The van der Waals surface area contributed by atoms with Gasteiger partial charge in [-0.15, -0.1) is 0 Å². The molecule has 1 saturated heterocycles. The molecule has 0 bridgehead atoms. The minimum Gasteiger partial charge on any atom is -0.390 e. The van der Waals surface area contributed by atoms with Gasteiger partial charge in [-0.3, -0.25) is 4.90 Å². The summed E-state index contributed by atoms with van der Waals surface area (Å²) in [5, 5.41) is 9.92. The van der Waals surface area contributed by atoms with Crippen molar-refractivity contribution in [1.82, 2.24) is 14.5 Å². The lowest BCUT2D eigenvalue weighted by molar-refractivity contribution is -0.00784. The van der Waals surface area contributed by atoms with Crippen LogP contribution < -0.4 is 0 Å². The number of piperidine rings is 1. The van der Waals surface area contributed by atoms with Gasteiger partial charge in [-0.25, -0.2) is 4.98 Å². The smallest absolute Gasteiger partial charge is 0.0951 e. The third kappa shape index (κ3) is 3.07. The fraction of sp³-hybridized carbons (Fsp3) is 0.769. The third-order valence-corrected chi connectivity index (χ3v) is 3.62. The molecule has 1 aromatic rings. The topological polar surface area (TPSA) is 41.3 Å². The molecule has 0 atom stereocenters. The second-order valence-corrected chi connectivity index (χ2v) is 5.66. The van der Waals surface area contributed by atoms with Crippen LogP contribution in [0.2, 0.25) is 0 Å². The van der Waals surface area contributed by atoms with E-state index in [1.165, 1.54) is 5.69 Å². The molecule has 4 heteroatoms. The van der Waals surface area contributed by atoms with E-state index in [2.05, 4.69) is 28.3 Å². The van der Waals surface area contributed by atoms with Crippen LogP contribution in [-0.2, 0) is 6.54 Å². The van der Waals surface area contributed by atoms with Gasteiger partial charge >= 0.3 is 0 Å². The SMILES string of the molecule is CC(C)n1cncc1CN1CCC(C)(O)CC1. The highest BCUT2D eigenvalue weighted by molar-refractivity contribution is 5.00. The minimum absolute atomic E-state index is 0.459. The number of aliphatic hydroxyl groups is 1. The van der Waals surface area contributed by atoms with Crippen LogP contribution in [0.3, 0.4) is 0 Å². The Labute approximate surface area is 103 Å². The van der Waals surface area contributed by atoms with Gasteiger partial charge in [-0.2, -0.15) is 0 Å². The largest absolute Gasteiger partial charge is 0.390 e. The number of imidazole rings is 1. The number of aromatic nitrogens is 2. The Hall–Kier alpha value is -0.870. The van der Waals surface area contributed by atoms with Crippen molar-refractivity contribution in [2.45, 2.75) is 51.8 Å². The van der Waals surface area contributed by atoms with Gasteiger partial charge in [0.15, 0.2) is 0 Å². The summed E-state index contributed by atoms with van der Waals surface area (Å²) in [5.41, 5.74) is 0.802. The average molecular weight is 237 g/mol. The summed E-state index contributed by atoms with van der Waals surface area (Å²) < 4.78 is 2.22. The quantitative estimate of drug-likeness (QED) is 0.871. The highest BCUT2D eigenvalue weighted by atomic mass is 16.3. The molecule has 0 unspecified atom stereocenters. The molecule has 96 valence electrons. The zero-order valence-corrected chi connectivity index (χ0v) is 11.1. The van der Waals surface area contributed by atoms with E-state index < -0.39 is 5.60 Å². The molecule has 0 amide bonds. The summed E-state index contributed by atoms with van der Waals surface area (Å²) in [5.74, 6) is 0. The number of nitrogens with zero attached hydrogens (tertiary/aromatic N) is 3. The van der Waals surface area contributed by atoms with Crippen LogP contribution in [0.15, 0.2) is 12.5 Å². The van der Waals surface area contributed by atoms with E-state index in [0.29, 0.717) is 6.04 Å². The lowest BCUT2D eigenvalue weighted by Crippen LogP contribution is -2.42. The maximum absolute atomic E-state index is 9.92. The molecule has 2 heterocycles. The van der Waals surface area contributed by atoms with Gasteiger partial charge in [0.1, 0.15) is 0 Å². The molecule has 4 nitrogen and oxygen atoms in total. The van der Waals surface area contributed by atoms with Crippen LogP contribution in [0.25, 0.3) is 0 Å². The van der Waals surface area contributed by atoms with Crippen molar-refractivity contribution in [2.75, 3.05) is 13.1 Å². The molecule has 0 radical (unpaired) electrons. The Morgan fingerprint density at radius 3 is 2.65 bits per heavy atom. The molecule has 17 heavy (non-hydrogen) atoms. The van der Waals surface area contributed by atoms with Gasteiger partial charge in [0.25, 0.3) is 0 Å². The zero-order chi connectivity index (χ0) is 12.5. The number of rotatable bonds is 3. The molecule has 1 aromatic heterocycles. The van der Waals surface area contributed by atoms with Crippen molar-refractivity contribution in [2.24, 2.45) is 0 Å². The summed E-state index contributed by atoms with van der Waals surface area (Å²) in [4.78, 5) is 6.62. The first-order chi connectivity index (χ1) is 7.98. The van der Waals surface area contributed by atoms with E-state index in [1.54, 1.807) is 0 Å². The molecule has 0 spiro atoms. The summed E-state index contributed by atoms with van der Waals surface area (Å²) in [7, 11) is 0. The van der Waals surface area contributed by atoms with Crippen molar-refractivity contribution in [3.8, 4) is 0 Å². The van der Waals surface area contributed by atoms with Gasteiger partial charge < -0.3 is 9.67 Å². The Bertz CT molecular complexity index is 360. The van der Waals surface area contributed by atoms with Crippen molar-refractivity contribution in [3.63, 3.8) is 0 Å². The summed E-state index contributed by atoms with van der Waals surface area (Å²) >= 11 is 0. The standard InChI is InChI=1S/C13H23N3O/c1-11(2)16-10-14-8-12(16)9-15-6-4-13(3,17)5-7-15/h8,10-11,17H,4-7,9H2,1-3H3. The second-order valence-electron chi connectivity index (χ2n) is 5.66. The third-order valence-electron chi connectivity index (χ3n) is 3.62. The normalized spacial score (nSPS) is 21.0. The maximum atomic E-state index is 9.92. The molecule has 0 aromatic carbocycles. The molecule has 1 fully saturated rings. The fourth-order valence-corrected chi connectivity index (χ4v) is 2.34. The Morgan fingerprint density at radius 1 is 1.41 bits per heavy atom. The van der Waals surface area contributed by atoms with Crippen LogP contribution in [0, 0.1) is 0 Å². The zero-order valence-electron chi connectivity index (χ0n) is 11.1. The molecule has 1 aliphatic rings. The highest BCUT2D eigenvalue weighted by Gasteiger charge is 2.27. The molecular weight excluding hydrogens is 214 g/mol. The van der Waals surface area contributed by atoms with Gasteiger partial charge in [0, 0.05) is 31.9 Å². The van der Waals surface area contributed by atoms with E-state index in [1.807, 2.05) is 19.4 Å². The van der Waals surface area contributed by atoms with Crippen LogP contribution in [0.4, 0.5) is 0 Å². The lowest BCUT2D eigenvalue weighted by Gasteiger charge is -2.35. The number of likely N-dealkylation sites (tertiary alicyclic amines) is 1. The minimum atomic E-state index is -0.463. The van der Waals surface area contributed by atoms with E-state index in [9.17, 15) is 5.11 Å². The molecule has 0 saturated carbocycles. The fourth-order valence-electron chi connectivity index (χ4n) is 2.34. The van der Waals surface area contributed by atoms with Crippen molar-refractivity contribution in [1.29, 1.82) is 0 Å². The number of hydrogen-bond donors (Lipinski definition) is 1. The molecule has 2 rings (SSSR count). The second kappa shape index (κ2) is 4.78. The van der Waals surface area contributed by atoms with Gasteiger partial charge in [0.05, 0.1) is 17.6 Å². The summed E-state index contributed by atoms with van der Waals surface area (Å²) in [6.07, 6.45) is 5.58. The first kappa shape index (κ1) is 12.6. The molecular formula is C13H23N3O. The van der Waals surface area contributed by atoms with Crippen LogP contribution >= 0.6 is 0 Å². The Balaban J connectivity index is 1.96. The molecule has 1 aliphatic heterocycles. The van der Waals surface area contributed by atoms with E-state index in [4.69, 9.17) is 0 Å². The summed E-state index contributed by atoms with van der Waals surface area (Å²) in [6.45, 7) is 9.15. The van der Waals surface area contributed by atoms with Crippen LogP contribution in [0.1, 0.15) is 45.3 Å². The molecule has 0 aliphatic carbocycles. The van der Waals surface area contributed by atoms with Gasteiger partial charge in [0.2, 0.25) is 0 Å². The van der Waals surface area contributed by atoms with E-state index >= 15 is 0 Å². The Kier molecular flexibility index (Phi) is 3.54. The predicted molar refractivity (Wildman–Crippen MR) is 67.7 cm³/mol. The predicted octanol–water partition coefficient (Wildman–Crippen LogP) is 1.81. The Morgan fingerprint density at radius 2 is 2.06 bits per heavy atom. The number of hydrogen-bond acceptors (Lipinski definition) is 3. The van der Waals surface area contributed by atoms with Crippen molar-refractivity contribution in [3.05, 3.63) is 18.2 Å². The monoisotopic (exact) mass is 237 g/mol. The average Bonchev–Trinajstić information content (AvgIpc) is 2.69. The van der Waals surface area contributed by atoms with Crippen LogP contribution in [0.5, 0.6) is 0 Å². The summed E-state index contributed by atoms with van der Waals surface area (Å²) in [6, 6.07) is 0.459. The van der Waals surface area contributed by atoms with Gasteiger partial charge in [-0.05, 0) is 33.6 Å². The lowest BCUT2D eigenvalue weighted by atomic mass is 9.94. The van der Waals surface area contributed by atoms with Crippen molar-refractivity contribution >= 4 is 0 Å².